The fourth-order valence-electron chi connectivity index (χ4n) is 1.94. The Labute approximate surface area is 143 Å². The lowest BCUT2D eigenvalue weighted by molar-refractivity contribution is -0.133. The topological polar surface area (TPSA) is 59.9 Å². The summed E-state index contributed by atoms with van der Waals surface area (Å²) in [7, 11) is 0. The fourth-order valence-corrected chi connectivity index (χ4v) is 1.94. The Kier molecular flexibility index (Phi) is 8.83. The Morgan fingerprint density at radius 1 is 1.29 bits per heavy atom. The summed E-state index contributed by atoms with van der Waals surface area (Å²) in [6, 6.07) is 5.78. The summed E-state index contributed by atoms with van der Waals surface area (Å²) < 4.78 is 18.5. The van der Waals surface area contributed by atoms with Crippen LogP contribution in [-0.2, 0) is 9.63 Å². The molecule has 1 N–H and O–H groups in total. The molecule has 0 fully saturated rings. The van der Waals surface area contributed by atoms with Gasteiger partial charge >= 0.3 is 0 Å². The molecule has 5 nitrogen and oxygen atoms in total. The third-order valence-corrected chi connectivity index (χ3v) is 3.19. The first kappa shape index (κ1) is 19.9. The molecular weight excluding hydrogens is 311 g/mol. The van der Waals surface area contributed by atoms with E-state index in [4.69, 9.17) is 9.57 Å². The van der Waals surface area contributed by atoms with Crippen molar-refractivity contribution in [3.63, 3.8) is 0 Å². The van der Waals surface area contributed by atoms with Crippen LogP contribution in [0, 0.1) is 5.82 Å². The number of ether oxygens (including phenoxy) is 1. The second-order valence-corrected chi connectivity index (χ2v) is 5.90. The van der Waals surface area contributed by atoms with Crippen molar-refractivity contribution in [2.24, 2.45) is 5.16 Å². The minimum atomic E-state index is -0.599. The Balaban J connectivity index is 2.47. The van der Waals surface area contributed by atoms with Crippen molar-refractivity contribution in [2.45, 2.75) is 59.2 Å². The average molecular weight is 338 g/mol. The fraction of sp³-hybridized carbons (Fsp3) is 0.556. The number of rotatable bonds is 10. The molecule has 0 saturated heterocycles. The molecule has 0 unspecified atom stereocenters. The van der Waals surface area contributed by atoms with Gasteiger partial charge in [-0.05, 0) is 57.9 Å². The molecule has 0 radical (unpaired) electrons. The van der Waals surface area contributed by atoms with Gasteiger partial charge in [0.15, 0.2) is 0 Å². The maximum absolute atomic E-state index is 12.9. The van der Waals surface area contributed by atoms with Gasteiger partial charge in [0, 0.05) is 0 Å². The summed E-state index contributed by atoms with van der Waals surface area (Å²) in [6.07, 6.45) is 1.64. The normalized spacial score (nSPS) is 12.9. The van der Waals surface area contributed by atoms with Crippen LogP contribution in [-0.4, -0.2) is 30.4 Å². The lowest BCUT2D eigenvalue weighted by Crippen LogP contribution is -2.40. The van der Waals surface area contributed by atoms with Crippen LogP contribution in [0.5, 0.6) is 5.75 Å². The van der Waals surface area contributed by atoms with Gasteiger partial charge in [-0.3, -0.25) is 4.79 Å². The predicted octanol–water partition coefficient (Wildman–Crippen LogP) is 3.68. The average Bonchev–Trinajstić information content (AvgIpc) is 2.54. The molecule has 0 aromatic heterocycles. The van der Waals surface area contributed by atoms with Crippen molar-refractivity contribution in [3.8, 4) is 5.75 Å². The van der Waals surface area contributed by atoms with Crippen molar-refractivity contribution in [2.75, 3.05) is 6.54 Å². The van der Waals surface area contributed by atoms with E-state index in [-0.39, 0.29) is 17.8 Å². The number of carbonyl (C=O) groups excluding carboxylic acids is 1. The van der Waals surface area contributed by atoms with Crippen molar-refractivity contribution >= 4 is 11.6 Å². The Morgan fingerprint density at radius 2 is 1.96 bits per heavy atom. The Hall–Kier alpha value is -2.11. The van der Waals surface area contributed by atoms with E-state index < -0.39 is 6.10 Å². The second-order valence-electron chi connectivity index (χ2n) is 5.90. The molecule has 134 valence electrons. The van der Waals surface area contributed by atoms with E-state index in [9.17, 15) is 9.18 Å². The molecule has 24 heavy (non-hydrogen) atoms. The molecule has 0 bridgehead atoms. The highest BCUT2D eigenvalue weighted by atomic mass is 19.1. The van der Waals surface area contributed by atoms with Gasteiger partial charge in [0.25, 0.3) is 5.91 Å². The van der Waals surface area contributed by atoms with Crippen LogP contribution in [0.3, 0.4) is 0 Å². The van der Waals surface area contributed by atoms with Crippen LogP contribution in [0.1, 0.15) is 47.0 Å². The standard InChI is InChI=1S/C18H27FN2O3/c1-5-6-7-17(24-21-13(2)3)18(22)20-12-14(4)23-16-10-8-15(19)9-11-16/h8-11,14,17H,5-7,12H2,1-4H3,(H,20,22)/t14-,17+/m1/s1. The number of unbranched alkanes of at least 4 members (excludes halogenated alkanes) is 1. The van der Waals surface area contributed by atoms with Crippen molar-refractivity contribution < 1.29 is 18.8 Å². The number of hydrogen-bond donors (Lipinski definition) is 1. The van der Waals surface area contributed by atoms with Gasteiger partial charge in [-0.1, -0.05) is 18.5 Å². The van der Waals surface area contributed by atoms with Gasteiger partial charge in [0.1, 0.15) is 17.7 Å². The van der Waals surface area contributed by atoms with Crippen LogP contribution < -0.4 is 10.1 Å². The minimum Gasteiger partial charge on any atom is -0.489 e. The minimum absolute atomic E-state index is 0.206. The van der Waals surface area contributed by atoms with Gasteiger partial charge in [0.05, 0.1) is 12.3 Å². The van der Waals surface area contributed by atoms with Crippen LogP contribution in [0.25, 0.3) is 0 Å². The molecule has 0 aliphatic carbocycles. The van der Waals surface area contributed by atoms with Crippen molar-refractivity contribution in [1.29, 1.82) is 0 Å². The zero-order chi connectivity index (χ0) is 17.9. The second kappa shape index (κ2) is 10.6. The van der Waals surface area contributed by atoms with Crippen LogP contribution >= 0.6 is 0 Å². The SMILES string of the molecule is CCCC[C@H](ON=C(C)C)C(=O)NC[C@@H](C)Oc1ccc(F)cc1. The zero-order valence-electron chi connectivity index (χ0n) is 14.8. The molecule has 0 heterocycles. The highest BCUT2D eigenvalue weighted by Crippen LogP contribution is 2.13. The van der Waals surface area contributed by atoms with Gasteiger partial charge < -0.3 is 14.9 Å². The Bertz CT molecular complexity index is 528. The largest absolute Gasteiger partial charge is 0.489 e. The first-order valence-corrected chi connectivity index (χ1v) is 8.29. The van der Waals surface area contributed by atoms with Gasteiger partial charge in [-0.2, -0.15) is 0 Å². The molecule has 1 rings (SSSR count). The summed E-state index contributed by atoms with van der Waals surface area (Å²) in [4.78, 5) is 17.6. The van der Waals surface area contributed by atoms with E-state index in [0.29, 0.717) is 18.7 Å². The van der Waals surface area contributed by atoms with E-state index in [1.807, 2.05) is 20.8 Å². The predicted molar refractivity (Wildman–Crippen MR) is 92.7 cm³/mol. The molecule has 0 aliphatic heterocycles. The molecule has 0 spiro atoms. The Morgan fingerprint density at radius 3 is 2.54 bits per heavy atom. The summed E-state index contributed by atoms with van der Waals surface area (Å²) in [5.41, 5.74) is 0.761. The number of hydrogen-bond acceptors (Lipinski definition) is 4. The van der Waals surface area contributed by atoms with Crippen molar-refractivity contribution in [1.82, 2.24) is 5.32 Å². The van der Waals surface area contributed by atoms with Crippen LogP contribution in [0.4, 0.5) is 4.39 Å². The van der Waals surface area contributed by atoms with E-state index in [1.165, 1.54) is 12.1 Å². The first-order chi connectivity index (χ1) is 11.4. The zero-order valence-corrected chi connectivity index (χ0v) is 14.8. The third-order valence-electron chi connectivity index (χ3n) is 3.19. The monoisotopic (exact) mass is 338 g/mol. The van der Waals surface area contributed by atoms with E-state index >= 15 is 0 Å². The van der Waals surface area contributed by atoms with E-state index in [2.05, 4.69) is 17.4 Å². The maximum Gasteiger partial charge on any atom is 0.264 e. The lowest BCUT2D eigenvalue weighted by Gasteiger charge is -2.18. The summed E-state index contributed by atoms with van der Waals surface area (Å²) >= 11 is 0. The number of oxime groups is 1. The molecule has 0 aliphatic rings. The van der Waals surface area contributed by atoms with Gasteiger partial charge in [-0.25, -0.2) is 4.39 Å². The van der Waals surface area contributed by atoms with E-state index in [0.717, 1.165) is 18.6 Å². The number of halogens is 1. The molecule has 0 saturated carbocycles. The highest BCUT2D eigenvalue weighted by molar-refractivity contribution is 5.81. The molecule has 1 aromatic carbocycles. The van der Waals surface area contributed by atoms with Crippen LogP contribution in [0.2, 0.25) is 0 Å². The lowest BCUT2D eigenvalue weighted by atomic mass is 10.1. The number of benzene rings is 1. The molecule has 2 atom stereocenters. The number of nitrogens with one attached hydrogen (secondary N) is 1. The van der Waals surface area contributed by atoms with Crippen molar-refractivity contribution in [3.05, 3.63) is 30.1 Å². The maximum atomic E-state index is 12.9. The molecule has 1 aromatic rings. The summed E-state index contributed by atoms with van der Waals surface area (Å²) in [5.74, 6) is 0.0390. The smallest absolute Gasteiger partial charge is 0.264 e. The third kappa shape index (κ3) is 7.94. The number of carbonyl (C=O) groups is 1. The first-order valence-electron chi connectivity index (χ1n) is 8.29. The highest BCUT2D eigenvalue weighted by Gasteiger charge is 2.20. The number of nitrogens with zero attached hydrogens (tertiary/aromatic N) is 1. The van der Waals surface area contributed by atoms with Gasteiger partial charge in [0.2, 0.25) is 6.10 Å². The molecular formula is C18H27FN2O3. The molecule has 1 amide bonds. The van der Waals surface area contributed by atoms with Crippen LogP contribution in [0.15, 0.2) is 29.4 Å². The quantitative estimate of drug-likeness (QED) is 0.523. The summed E-state index contributed by atoms with van der Waals surface area (Å²) in [6.45, 7) is 7.85. The van der Waals surface area contributed by atoms with Gasteiger partial charge in [-0.15, -0.1) is 0 Å². The van der Waals surface area contributed by atoms with E-state index in [1.54, 1.807) is 12.1 Å². The summed E-state index contributed by atoms with van der Waals surface area (Å²) in [5, 5.41) is 6.71. The number of amides is 1. The molecule has 6 heteroatoms.